The van der Waals surface area contributed by atoms with Gasteiger partial charge in [-0.15, -0.1) is 0 Å². The second kappa shape index (κ2) is 7.55. The summed E-state index contributed by atoms with van der Waals surface area (Å²) in [5, 5.41) is 8.71. The summed E-state index contributed by atoms with van der Waals surface area (Å²) in [4.78, 5) is 25.4. The molecule has 0 spiro atoms. The van der Waals surface area contributed by atoms with E-state index in [4.69, 9.17) is 11.6 Å². The number of alkyl halides is 3. The molecule has 2 aromatic heterocycles. The van der Waals surface area contributed by atoms with E-state index in [0.717, 1.165) is 27.4 Å². The van der Waals surface area contributed by atoms with Gasteiger partial charge in [0.2, 0.25) is 0 Å². The fourth-order valence-electron chi connectivity index (χ4n) is 3.01. The molecule has 0 saturated heterocycles. The van der Waals surface area contributed by atoms with E-state index in [-0.39, 0.29) is 17.1 Å². The minimum Gasteiger partial charge on any atom is -0.267 e. The normalized spacial score (nSPS) is 11.6. The number of aromatic nitrogens is 5. The Morgan fingerprint density at radius 3 is 2.29 bits per heavy atom. The summed E-state index contributed by atoms with van der Waals surface area (Å²) in [5.41, 5.74) is -2.09. The van der Waals surface area contributed by atoms with E-state index in [1.165, 1.54) is 30.1 Å². The average Bonchev–Trinajstić information content (AvgIpc) is 3.21. The zero-order valence-corrected chi connectivity index (χ0v) is 16.6. The van der Waals surface area contributed by atoms with Crippen molar-refractivity contribution in [3.63, 3.8) is 0 Å². The molecule has 0 bridgehead atoms. The maximum atomic E-state index is 13.1. The molecule has 2 aromatic carbocycles. The molecule has 7 nitrogen and oxygen atoms in total. The van der Waals surface area contributed by atoms with Crippen LogP contribution in [0, 0.1) is 0 Å². The van der Waals surface area contributed by atoms with Crippen molar-refractivity contribution >= 4 is 11.6 Å². The minimum atomic E-state index is -4.60. The van der Waals surface area contributed by atoms with E-state index >= 15 is 0 Å². The van der Waals surface area contributed by atoms with Crippen LogP contribution >= 0.6 is 11.6 Å². The third-order valence-corrected chi connectivity index (χ3v) is 4.77. The quantitative estimate of drug-likeness (QED) is 0.482. The summed E-state index contributed by atoms with van der Waals surface area (Å²) >= 11 is 6.03. The fraction of sp³-hybridized carbons (Fsp3) is 0.100. The summed E-state index contributed by atoms with van der Waals surface area (Å²) < 4.78 is 42.3. The molecular formula is C20H13ClF3N5O2. The van der Waals surface area contributed by atoms with Crippen LogP contribution in [0.3, 0.4) is 0 Å². The average molecular weight is 448 g/mol. The van der Waals surface area contributed by atoms with E-state index in [2.05, 4.69) is 10.2 Å². The number of hydrogen-bond donors (Lipinski definition) is 0. The second-order valence-electron chi connectivity index (χ2n) is 6.56. The molecule has 158 valence electrons. The maximum Gasteiger partial charge on any atom is 0.416 e. The van der Waals surface area contributed by atoms with E-state index in [1.807, 2.05) is 0 Å². The van der Waals surface area contributed by atoms with E-state index in [0.29, 0.717) is 10.7 Å². The van der Waals surface area contributed by atoms with Crippen molar-refractivity contribution in [1.82, 2.24) is 24.1 Å². The lowest BCUT2D eigenvalue weighted by atomic mass is 10.2. The van der Waals surface area contributed by atoms with Crippen LogP contribution < -0.4 is 11.2 Å². The highest BCUT2D eigenvalue weighted by Gasteiger charge is 2.31. The third-order valence-electron chi connectivity index (χ3n) is 4.53. The van der Waals surface area contributed by atoms with Gasteiger partial charge >= 0.3 is 11.9 Å². The Kier molecular flexibility index (Phi) is 5.02. The first-order valence-electron chi connectivity index (χ1n) is 8.85. The van der Waals surface area contributed by atoms with Crippen molar-refractivity contribution in [2.24, 2.45) is 7.05 Å². The number of halogens is 4. The zero-order valence-electron chi connectivity index (χ0n) is 15.8. The molecule has 2 heterocycles. The Balaban J connectivity index is 1.94. The Labute approximate surface area is 177 Å². The Morgan fingerprint density at radius 2 is 1.61 bits per heavy atom. The molecule has 31 heavy (non-hydrogen) atoms. The molecule has 4 rings (SSSR count). The second-order valence-corrected chi connectivity index (χ2v) is 7.00. The lowest BCUT2D eigenvalue weighted by Crippen LogP contribution is -2.40. The lowest BCUT2D eigenvalue weighted by molar-refractivity contribution is -0.137. The number of benzene rings is 2. The van der Waals surface area contributed by atoms with E-state index in [9.17, 15) is 22.8 Å². The summed E-state index contributed by atoms with van der Waals surface area (Å²) in [6.45, 7) is 0. The topological polar surface area (TPSA) is 74.7 Å². The molecule has 0 unspecified atom stereocenters. The van der Waals surface area contributed by atoms with Gasteiger partial charge in [-0.25, -0.2) is 9.48 Å². The smallest absolute Gasteiger partial charge is 0.267 e. The number of nitrogens with zero attached hydrogens (tertiary/aromatic N) is 5. The predicted molar refractivity (Wildman–Crippen MR) is 108 cm³/mol. The van der Waals surface area contributed by atoms with Gasteiger partial charge in [-0.1, -0.05) is 23.7 Å². The first-order chi connectivity index (χ1) is 14.7. The van der Waals surface area contributed by atoms with Crippen molar-refractivity contribution in [2.45, 2.75) is 6.18 Å². The van der Waals surface area contributed by atoms with Gasteiger partial charge in [-0.05, 0) is 42.5 Å². The highest BCUT2D eigenvalue weighted by Crippen LogP contribution is 2.30. The Bertz CT molecular complexity index is 1400. The largest absolute Gasteiger partial charge is 0.416 e. The van der Waals surface area contributed by atoms with Gasteiger partial charge in [0.15, 0.2) is 5.69 Å². The van der Waals surface area contributed by atoms with Crippen molar-refractivity contribution in [3.05, 3.63) is 92.2 Å². The van der Waals surface area contributed by atoms with E-state index in [1.54, 1.807) is 24.3 Å². The van der Waals surface area contributed by atoms with Crippen molar-refractivity contribution in [2.75, 3.05) is 0 Å². The maximum absolute atomic E-state index is 13.1. The van der Waals surface area contributed by atoms with Crippen molar-refractivity contribution in [1.29, 1.82) is 0 Å². The summed E-state index contributed by atoms with van der Waals surface area (Å²) in [6, 6.07) is 12.3. The van der Waals surface area contributed by atoms with Crippen LogP contribution in [0.5, 0.6) is 0 Å². The summed E-state index contributed by atoms with van der Waals surface area (Å²) in [5.74, 6) is 0. The number of rotatable bonds is 3. The minimum absolute atomic E-state index is 0.134. The predicted octanol–water partition coefficient (Wildman–Crippen LogP) is 3.46. The Morgan fingerprint density at radius 1 is 0.935 bits per heavy atom. The first-order valence-corrected chi connectivity index (χ1v) is 9.23. The van der Waals surface area contributed by atoms with Crippen LogP contribution in [-0.2, 0) is 13.2 Å². The van der Waals surface area contributed by atoms with Crippen LogP contribution in [-0.4, -0.2) is 24.1 Å². The monoisotopic (exact) mass is 447 g/mol. The van der Waals surface area contributed by atoms with E-state index < -0.39 is 23.0 Å². The van der Waals surface area contributed by atoms with Gasteiger partial charge in [-0.3, -0.25) is 9.36 Å². The first kappa shape index (κ1) is 20.6. The van der Waals surface area contributed by atoms with Crippen LogP contribution in [0.2, 0.25) is 5.02 Å². The molecular weight excluding hydrogens is 435 g/mol. The van der Waals surface area contributed by atoms with Gasteiger partial charge in [0.1, 0.15) is 5.69 Å². The standard InChI is InChI=1S/C20H13ClF3N5O2/c1-27-18(30)17(16-8-9-25-28(16)15-7-3-5-13(21)11-15)26-29(19(27)31)14-6-2-4-12(10-14)20(22,23)24/h2-11H,1H3. The molecule has 0 radical (unpaired) electrons. The van der Waals surface area contributed by atoms with Gasteiger partial charge < -0.3 is 0 Å². The molecule has 11 heteroatoms. The summed E-state index contributed by atoms with van der Waals surface area (Å²) in [6.07, 6.45) is -3.18. The van der Waals surface area contributed by atoms with Crippen LogP contribution in [0.1, 0.15) is 5.56 Å². The molecule has 0 fully saturated rings. The molecule has 0 aliphatic rings. The lowest BCUT2D eigenvalue weighted by Gasteiger charge is -2.13. The molecule has 0 aliphatic carbocycles. The highest BCUT2D eigenvalue weighted by atomic mass is 35.5. The highest BCUT2D eigenvalue weighted by molar-refractivity contribution is 6.30. The van der Waals surface area contributed by atoms with Gasteiger partial charge in [-0.2, -0.15) is 28.1 Å². The molecule has 0 amide bonds. The zero-order chi connectivity index (χ0) is 22.3. The SMILES string of the molecule is Cn1c(=O)c(-c2ccnn2-c2cccc(Cl)c2)nn(-c2cccc(C(F)(F)F)c2)c1=O. The van der Waals surface area contributed by atoms with Gasteiger partial charge in [0, 0.05) is 12.1 Å². The van der Waals surface area contributed by atoms with Crippen molar-refractivity contribution < 1.29 is 13.2 Å². The molecule has 0 aliphatic heterocycles. The number of hydrogen-bond acceptors (Lipinski definition) is 4. The van der Waals surface area contributed by atoms with Gasteiger partial charge in [0.05, 0.1) is 23.1 Å². The molecule has 0 N–H and O–H groups in total. The van der Waals surface area contributed by atoms with Gasteiger partial charge in [0.25, 0.3) is 5.56 Å². The molecule has 0 atom stereocenters. The van der Waals surface area contributed by atoms with Crippen LogP contribution in [0.25, 0.3) is 22.8 Å². The molecule has 0 saturated carbocycles. The van der Waals surface area contributed by atoms with Crippen molar-refractivity contribution in [3.8, 4) is 22.8 Å². The third kappa shape index (κ3) is 3.77. The molecule has 4 aromatic rings. The Hall–Kier alpha value is -3.66. The van der Waals surface area contributed by atoms with Crippen LogP contribution in [0.15, 0.2) is 70.4 Å². The van der Waals surface area contributed by atoms with Crippen LogP contribution in [0.4, 0.5) is 13.2 Å². The fourth-order valence-corrected chi connectivity index (χ4v) is 3.20. The summed E-state index contributed by atoms with van der Waals surface area (Å²) in [7, 11) is 1.22.